The van der Waals surface area contributed by atoms with Crippen molar-refractivity contribution in [3.63, 3.8) is 0 Å². The molecular weight excluding hydrogens is 395 g/mol. The lowest BCUT2D eigenvalue weighted by Crippen LogP contribution is -2.18. The first-order valence-electron chi connectivity index (χ1n) is 5.61. The van der Waals surface area contributed by atoms with Gasteiger partial charge in [-0.1, -0.05) is 0 Å². The van der Waals surface area contributed by atoms with Crippen molar-refractivity contribution in [3.8, 4) is 0 Å². The second-order valence-corrected chi connectivity index (χ2v) is 6.26. The minimum atomic E-state index is 0.108. The van der Waals surface area contributed by atoms with Crippen LogP contribution in [0.4, 0.5) is 5.69 Å². The lowest BCUT2D eigenvalue weighted by atomic mass is 10.0. The van der Waals surface area contributed by atoms with Gasteiger partial charge in [0, 0.05) is 20.2 Å². The molecule has 92 valence electrons. The zero-order valence-corrected chi connectivity index (χ0v) is 13.0. The van der Waals surface area contributed by atoms with E-state index in [9.17, 15) is 4.79 Å². The quantitative estimate of drug-likeness (QED) is 0.755. The summed E-state index contributed by atoms with van der Waals surface area (Å²) in [5.41, 5.74) is 0.869. The zero-order chi connectivity index (χ0) is 12.3. The van der Waals surface area contributed by atoms with Crippen LogP contribution in [0.15, 0.2) is 22.7 Å². The van der Waals surface area contributed by atoms with E-state index in [4.69, 9.17) is 0 Å². The van der Waals surface area contributed by atoms with Gasteiger partial charge in [-0.05, 0) is 82.1 Å². The molecule has 1 fully saturated rings. The molecule has 0 spiro atoms. The predicted octanol–water partition coefficient (Wildman–Crippen LogP) is 2.99. The summed E-state index contributed by atoms with van der Waals surface area (Å²) in [6.07, 6.45) is 1.71. The van der Waals surface area contributed by atoms with Crippen LogP contribution in [0.3, 0.4) is 0 Å². The van der Waals surface area contributed by atoms with E-state index in [1.165, 1.54) is 0 Å². The summed E-state index contributed by atoms with van der Waals surface area (Å²) in [5.74, 6) is 0.598. The predicted molar refractivity (Wildman–Crippen MR) is 81.1 cm³/mol. The third-order valence-electron chi connectivity index (χ3n) is 2.84. The molecular formula is C12H14BrIN2O. The molecule has 1 unspecified atom stereocenters. The van der Waals surface area contributed by atoms with Crippen molar-refractivity contribution < 1.29 is 4.79 Å². The minimum absolute atomic E-state index is 0.108. The van der Waals surface area contributed by atoms with Gasteiger partial charge in [-0.2, -0.15) is 0 Å². The summed E-state index contributed by atoms with van der Waals surface area (Å²) in [6, 6.07) is 5.83. The van der Waals surface area contributed by atoms with Gasteiger partial charge < -0.3 is 10.6 Å². The third kappa shape index (κ3) is 3.93. The van der Waals surface area contributed by atoms with Gasteiger partial charge in [0.1, 0.15) is 0 Å². The van der Waals surface area contributed by atoms with Crippen molar-refractivity contribution in [1.82, 2.24) is 5.32 Å². The maximum atomic E-state index is 11.8. The SMILES string of the molecule is O=C(CC1CCNC1)Nc1ccc(Br)c(I)c1. The minimum Gasteiger partial charge on any atom is -0.326 e. The number of anilines is 1. The highest BCUT2D eigenvalue weighted by Crippen LogP contribution is 2.23. The highest BCUT2D eigenvalue weighted by Gasteiger charge is 2.18. The summed E-state index contributed by atoms with van der Waals surface area (Å²) in [6.45, 7) is 2.00. The Morgan fingerprint density at radius 1 is 1.59 bits per heavy atom. The number of carbonyl (C=O) groups excluding carboxylic acids is 1. The molecule has 3 nitrogen and oxygen atoms in total. The summed E-state index contributed by atoms with van der Waals surface area (Å²) >= 11 is 5.68. The molecule has 17 heavy (non-hydrogen) atoms. The van der Waals surface area contributed by atoms with E-state index in [0.717, 1.165) is 33.2 Å². The smallest absolute Gasteiger partial charge is 0.224 e. The molecule has 1 saturated heterocycles. The number of carbonyl (C=O) groups is 1. The first-order chi connectivity index (χ1) is 8.15. The lowest BCUT2D eigenvalue weighted by Gasteiger charge is -2.09. The maximum Gasteiger partial charge on any atom is 0.224 e. The van der Waals surface area contributed by atoms with Gasteiger partial charge in [-0.3, -0.25) is 4.79 Å². The molecule has 0 bridgehead atoms. The van der Waals surface area contributed by atoms with Gasteiger partial charge in [0.25, 0.3) is 0 Å². The Labute approximate surface area is 123 Å². The van der Waals surface area contributed by atoms with Crippen molar-refractivity contribution in [3.05, 3.63) is 26.2 Å². The van der Waals surface area contributed by atoms with Gasteiger partial charge in [0.05, 0.1) is 0 Å². The standard InChI is InChI=1S/C12H14BrIN2O/c13-10-2-1-9(6-11(10)14)16-12(17)5-8-3-4-15-7-8/h1-2,6,8,15H,3-5,7H2,(H,16,17). The molecule has 0 radical (unpaired) electrons. The van der Waals surface area contributed by atoms with E-state index < -0.39 is 0 Å². The molecule has 2 rings (SSSR count). The van der Waals surface area contributed by atoms with Gasteiger partial charge in [0.15, 0.2) is 0 Å². The summed E-state index contributed by atoms with van der Waals surface area (Å²) in [4.78, 5) is 11.8. The van der Waals surface area contributed by atoms with E-state index in [0.29, 0.717) is 12.3 Å². The van der Waals surface area contributed by atoms with Crippen LogP contribution < -0.4 is 10.6 Å². The number of hydrogen-bond acceptors (Lipinski definition) is 2. The number of benzene rings is 1. The van der Waals surface area contributed by atoms with E-state index in [-0.39, 0.29) is 5.91 Å². The number of amides is 1. The summed E-state index contributed by atoms with van der Waals surface area (Å²) in [7, 11) is 0. The van der Waals surface area contributed by atoms with E-state index in [1.807, 2.05) is 18.2 Å². The van der Waals surface area contributed by atoms with Gasteiger partial charge >= 0.3 is 0 Å². The number of nitrogens with one attached hydrogen (secondary N) is 2. The monoisotopic (exact) mass is 408 g/mol. The largest absolute Gasteiger partial charge is 0.326 e. The van der Waals surface area contributed by atoms with Crippen LogP contribution in [0.25, 0.3) is 0 Å². The molecule has 1 aliphatic heterocycles. The number of rotatable bonds is 3. The van der Waals surface area contributed by atoms with Crippen LogP contribution in [0.1, 0.15) is 12.8 Å². The first kappa shape index (κ1) is 13.3. The molecule has 1 aromatic rings. The summed E-state index contributed by atoms with van der Waals surface area (Å²) < 4.78 is 2.15. The summed E-state index contributed by atoms with van der Waals surface area (Å²) in [5, 5.41) is 6.22. The number of hydrogen-bond donors (Lipinski definition) is 2. The topological polar surface area (TPSA) is 41.1 Å². The molecule has 1 heterocycles. The third-order valence-corrected chi connectivity index (χ3v) is 5.17. The van der Waals surface area contributed by atoms with Crippen LogP contribution in [0.5, 0.6) is 0 Å². The fraction of sp³-hybridized carbons (Fsp3) is 0.417. The highest BCUT2D eigenvalue weighted by atomic mass is 127. The van der Waals surface area contributed by atoms with Gasteiger partial charge in [-0.15, -0.1) is 0 Å². The molecule has 0 aromatic heterocycles. The molecule has 1 aliphatic rings. The molecule has 2 N–H and O–H groups in total. The van der Waals surface area contributed by atoms with E-state index >= 15 is 0 Å². The Bertz CT molecular complexity index is 419. The van der Waals surface area contributed by atoms with Crippen LogP contribution >= 0.6 is 38.5 Å². The van der Waals surface area contributed by atoms with Crippen LogP contribution in [0.2, 0.25) is 0 Å². The first-order valence-corrected chi connectivity index (χ1v) is 7.48. The molecule has 0 saturated carbocycles. The van der Waals surface area contributed by atoms with Crippen LogP contribution in [0, 0.1) is 9.49 Å². The lowest BCUT2D eigenvalue weighted by molar-refractivity contribution is -0.116. The van der Waals surface area contributed by atoms with Gasteiger partial charge in [0.2, 0.25) is 5.91 Å². The fourth-order valence-electron chi connectivity index (χ4n) is 1.94. The fourth-order valence-corrected chi connectivity index (χ4v) is 2.70. The van der Waals surface area contributed by atoms with Crippen molar-refractivity contribution in [2.24, 2.45) is 5.92 Å². The van der Waals surface area contributed by atoms with Crippen molar-refractivity contribution in [2.45, 2.75) is 12.8 Å². The number of halogens is 2. The maximum absolute atomic E-state index is 11.8. The van der Waals surface area contributed by atoms with E-state index in [2.05, 4.69) is 49.2 Å². The van der Waals surface area contributed by atoms with Crippen LogP contribution in [-0.2, 0) is 4.79 Å². The normalized spacial score (nSPS) is 19.3. The molecule has 1 amide bonds. The Morgan fingerprint density at radius 2 is 2.41 bits per heavy atom. The average Bonchev–Trinajstić information content (AvgIpc) is 2.76. The van der Waals surface area contributed by atoms with Gasteiger partial charge in [-0.25, -0.2) is 0 Å². The van der Waals surface area contributed by atoms with Crippen molar-refractivity contribution >= 4 is 50.1 Å². The Hall–Kier alpha value is -0.140. The zero-order valence-electron chi connectivity index (χ0n) is 9.30. The Balaban J connectivity index is 1.90. The highest BCUT2D eigenvalue weighted by molar-refractivity contribution is 14.1. The second kappa shape index (κ2) is 6.15. The molecule has 1 atom stereocenters. The molecule has 1 aromatic carbocycles. The molecule has 0 aliphatic carbocycles. The molecule has 5 heteroatoms. The average molecular weight is 409 g/mol. The van der Waals surface area contributed by atoms with E-state index in [1.54, 1.807) is 0 Å². The van der Waals surface area contributed by atoms with Crippen LogP contribution in [-0.4, -0.2) is 19.0 Å². The van der Waals surface area contributed by atoms with Crippen molar-refractivity contribution in [1.29, 1.82) is 0 Å². The Kier molecular flexibility index (Phi) is 4.81. The van der Waals surface area contributed by atoms with Crippen molar-refractivity contribution in [2.75, 3.05) is 18.4 Å². The second-order valence-electron chi connectivity index (χ2n) is 4.24. The Morgan fingerprint density at radius 3 is 3.06 bits per heavy atom.